The summed E-state index contributed by atoms with van der Waals surface area (Å²) in [4.78, 5) is 39.4. The number of thioether (sulfide) groups is 1. The third kappa shape index (κ3) is 5.13. The molecule has 2 heterocycles. The summed E-state index contributed by atoms with van der Waals surface area (Å²) in [7, 11) is 0. The van der Waals surface area contributed by atoms with Gasteiger partial charge in [0.1, 0.15) is 11.5 Å². The van der Waals surface area contributed by atoms with Crippen LogP contribution >= 0.6 is 23.1 Å². The second kappa shape index (κ2) is 9.41. The molecule has 27 heavy (non-hydrogen) atoms. The van der Waals surface area contributed by atoms with E-state index in [1.54, 1.807) is 6.92 Å². The average Bonchev–Trinajstić information content (AvgIpc) is 3.12. The van der Waals surface area contributed by atoms with E-state index >= 15 is 0 Å². The maximum Gasteiger partial charge on any atom is 0.348 e. The maximum absolute atomic E-state index is 12.3. The molecule has 1 amide bonds. The second-order valence-corrected chi connectivity index (χ2v) is 8.46. The van der Waals surface area contributed by atoms with Crippen LogP contribution in [0.4, 0.5) is 0 Å². The zero-order valence-corrected chi connectivity index (χ0v) is 17.0. The SMILES string of the molecule is CCOC(=O)/C=C1\SCC(=O)N1CCOC(=O)c1cc2c(s1)CCCCC2. The molecule has 1 aromatic heterocycles. The van der Waals surface area contributed by atoms with E-state index in [1.807, 2.05) is 6.07 Å². The lowest BCUT2D eigenvalue weighted by molar-refractivity contribution is -0.137. The van der Waals surface area contributed by atoms with Gasteiger partial charge in [-0.3, -0.25) is 4.79 Å². The first-order chi connectivity index (χ1) is 13.1. The van der Waals surface area contributed by atoms with E-state index in [2.05, 4.69) is 0 Å². The molecular weight excluding hydrogens is 386 g/mol. The molecule has 8 heteroatoms. The minimum atomic E-state index is -0.475. The highest BCUT2D eigenvalue weighted by molar-refractivity contribution is 8.04. The van der Waals surface area contributed by atoms with Crippen molar-refractivity contribution < 1.29 is 23.9 Å². The van der Waals surface area contributed by atoms with Crippen molar-refractivity contribution in [1.82, 2.24) is 4.90 Å². The van der Waals surface area contributed by atoms with Crippen LogP contribution in [0, 0.1) is 0 Å². The Bertz CT molecular complexity index is 732. The highest BCUT2D eigenvalue weighted by Crippen LogP contribution is 2.30. The van der Waals surface area contributed by atoms with Crippen molar-refractivity contribution in [2.24, 2.45) is 0 Å². The Morgan fingerprint density at radius 1 is 1.22 bits per heavy atom. The zero-order chi connectivity index (χ0) is 19.2. The van der Waals surface area contributed by atoms with Crippen LogP contribution in [-0.2, 0) is 31.9 Å². The monoisotopic (exact) mass is 409 g/mol. The van der Waals surface area contributed by atoms with Crippen LogP contribution in [0.2, 0.25) is 0 Å². The second-order valence-electron chi connectivity index (χ2n) is 6.32. The van der Waals surface area contributed by atoms with Gasteiger partial charge in [-0.15, -0.1) is 11.3 Å². The summed E-state index contributed by atoms with van der Waals surface area (Å²) < 4.78 is 10.3. The van der Waals surface area contributed by atoms with Crippen molar-refractivity contribution in [2.45, 2.75) is 39.0 Å². The fraction of sp³-hybridized carbons (Fsp3) is 0.526. The summed E-state index contributed by atoms with van der Waals surface area (Å²) in [6.45, 7) is 2.33. The molecule has 0 N–H and O–H groups in total. The van der Waals surface area contributed by atoms with Gasteiger partial charge in [0.25, 0.3) is 0 Å². The minimum Gasteiger partial charge on any atom is -0.463 e. The van der Waals surface area contributed by atoms with Crippen LogP contribution < -0.4 is 0 Å². The number of esters is 2. The van der Waals surface area contributed by atoms with E-state index in [0.29, 0.717) is 9.91 Å². The number of hydrogen-bond donors (Lipinski definition) is 0. The summed E-state index contributed by atoms with van der Waals surface area (Å²) in [5.74, 6) is -0.647. The smallest absolute Gasteiger partial charge is 0.348 e. The van der Waals surface area contributed by atoms with E-state index in [9.17, 15) is 14.4 Å². The Morgan fingerprint density at radius 2 is 2.04 bits per heavy atom. The molecule has 0 unspecified atom stereocenters. The summed E-state index contributed by atoms with van der Waals surface area (Å²) in [5.41, 5.74) is 1.27. The molecule has 2 aliphatic rings. The van der Waals surface area contributed by atoms with Crippen molar-refractivity contribution in [3.05, 3.63) is 32.5 Å². The number of carbonyl (C=O) groups is 3. The van der Waals surface area contributed by atoms with Crippen LogP contribution in [0.25, 0.3) is 0 Å². The van der Waals surface area contributed by atoms with E-state index in [-0.39, 0.29) is 37.4 Å². The van der Waals surface area contributed by atoms with Gasteiger partial charge in [0.05, 0.1) is 30.0 Å². The molecule has 1 aliphatic carbocycles. The third-order valence-electron chi connectivity index (χ3n) is 4.43. The number of hydrogen-bond acceptors (Lipinski definition) is 7. The van der Waals surface area contributed by atoms with Gasteiger partial charge in [0, 0.05) is 4.88 Å². The average molecular weight is 410 g/mol. The Hall–Kier alpha value is -1.80. The highest BCUT2D eigenvalue weighted by Gasteiger charge is 2.27. The lowest BCUT2D eigenvalue weighted by Crippen LogP contribution is -2.29. The van der Waals surface area contributed by atoms with Gasteiger partial charge < -0.3 is 14.4 Å². The first-order valence-electron chi connectivity index (χ1n) is 9.18. The number of fused-ring (bicyclic) bond motifs is 1. The van der Waals surface area contributed by atoms with Crippen LogP contribution in [0.5, 0.6) is 0 Å². The van der Waals surface area contributed by atoms with Gasteiger partial charge in [0.15, 0.2) is 0 Å². The van der Waals surface area contributed by atoms with Gasteiger partial charge in [-0.05, 0) is 44.2 Å². The lowest BCUT2D eigenvalue weighted by atomic mass is 10.1. The Morgan fingerprint density at radius 3 is 2.85 bits per heavy atom. The molecule has 0 aromatic carbocycles. The number of ether oxygens (including phenoxy) is 2. The summed E-state index contributed by atoms with van der Waals surface area (Å²) >= 11 is 2.81. The molecular formula is C19H23NO5S2. The largest absolute Gasteiger partial charge is 0.463 e. The van der Waals surface area contributed by atoms with E-state index < -0.39 is 5.97 Å². The third-order valence-corrected chi connectivity index (χ3v) is 6.68. The molecule has 1 aliphatic heterocycles. The Labute approximate surface area is 166 Å². The van der Waals surface area contributed by atoms with E-state index in [4.69, 9.17) is 9.47 Å². The standard InChI is InChI=1S/C19H23NO5S2/c1-2-24-18(22)11-17-20(16(21)12-26-17)8-9-25-19(23)15-10-13-6-4-3-5-7-14(13)27-15/h10-11H,2-9,12H2,1H3/b17-11-. The topological polar surface area (TPSA) is 72.9 Å². The number of thiophene rings is 1. The number of carbonyl (C=O) groups excluding carboxylic acids is 3. The van der Waals surface area contributed by atoms with Gasteiger partial charge in [-0.2, -0.15) is 0 Å². The highest BCUT2D eigenvalue weighted by atomic mass is 32.2. The lowest BCUT2D eigenvalue weighted by Gasteiger charge is -2.16. The first-order valence-corrected chi connectivity index (χ1v) is 11.0. The van der Waals surface area contributed by atoms with Crippen molar-refractivity contribution in [3.8, 4) is 0 Å². The number of aryl methyl sites for hydroxylation is 2. The van der Waals surface area contributed by atoms with Gasteiger partial charge in [0.2, 0.25) is 5.91 Å². The van der Waals surface area contributed by atoms with Crippen LogP contribution in [-0.4, -0.2) is 48.3 Å². The fourth-order valence-corrected chi connectivity index (χ4v) is 5.23. The van der Waals surface area contributed by atoms with Gasteiger partial charge >= 0.3 is 11.9 Å². The number of nitrogens with zero attached hydrogens (tertiary/aromatic N) is 1. The number of amides is 1. The zero-order valence-electron chi connectivity index (χ0n) is 15.3. The summed E-state index contributed by atoms with van der Waals surface area (Å²) in [6, 6.07) is 1.95. The molecule has 1 aromatic rings. The van der Waals surface area contributed by atoms with Crippen molar-refractivity contribution in [1.29, 1.82) is 0 Å². The van der Waals surface area contributed by atoms with Crippen LogP contribution in [0.1, 0.15) is 46.3 Å². The predicted molar refractivity (Wildman–Crippen MR) is 105 cm³/mol. The molecule has 1 saturated heterocycles. The molecule has 0 radical (unpaired) electrons. The molecule has 1 fully saturated rings. The minimum absolute atomic E-state index is 0.0911. The molecule has 3 rings (SSSR count). The van der Waals surface area contributed by atoms with Gasteiger partial charge in [-0.1, -0.05) is 18.2 Å². The Balaban J connectivity index is 1.54. The maximum atomic E-state index is 12.3. The van der Waals surface area contributed by atoms with Crippen LogP contribution in [0.15, 0.2) is 17.2 Å². The molecule has 0 saturated carbocycles. The van der Waals surface area contributed by atoms with Crippen molar-refractivity contribution in [3.63, 3.8) is 0 Å². The quantitative estimate of drug-likeness (QED) is 0.408. The van der Waals surface area contributed by atoms with E-state index in [0.717, 1.165) is 12.8 Å². The van der Waals surface area contributed by atoms with Crippen molar-refractivity contribution >= 4 is 40.9 Å². The van der Waals surface area contributed by atoms with E-state index in [1.165, 1.54) is 63.8 Å². The van der Waals surface area contributed by atoms with Crippen LogP contribution in [0.3, 0.4) is 0 Å². The molecule has 0 atom stereocenters. The fourth-order valence-electron chi connectivity index (χ4n) is 3.12. The summed E-state index contributed by atoms with van der Waals surface area (Å²) in [6.07, 6.45) is 6.96. The predicted octanol–water partition coefficient (Wildman–Crippen LogP) is 3.15. The normalized spacial score (nSPS) is 18.3. The molecule has 0 bridgehead atoms. The first kappa shape index (κ1) is 19.9. The Kier molecular flexibility index (Phi) is 6.95. The summed E-state index contributed by atoms with van der Waals surface area (Å²) in [5, 5.41) is 0.539. The molecule has 0 spiro atoms. The number of rotatable bonds is 6. The van der Waals surface area contributed by atoms with Crippen molar-refractivity contribution in [2.75, 3.05) is 25.5 Å². The molecule has 146 valence electrons. The van der Waals surface area contributed by atoms with Gasteiger partial charge in [-0.25, -0.2) is 9.59 Å². The molecule has 6 nitrogen and oxygen atoms in total.